The third-order valence-electron chi connectivity index (χ3n) is 5.30. The number of rotatable bonds is 4. The predicted molar refractivity (Wildman–Crippen MR) is 114 cm³/mol. The van der Waals surface area contributed by atoms with Crippen LogP contribution in [0.5, 0.6) is 5.75 Å². The molecular weight excluding hydrogens is 380 g/mol. The predicted octanol–water partition coefficient (Wildman–Crippen LogP) is 3.66. The summed E-state index contributed by atoms with van der Waals surface area (Å²) in [5.41, 5.74) is 2.95. The molecular formula is C23H28N4O3. The highest BCUT2D eigenvalue weighted by Gasteiger charge is 2.33. The van der Waals surface area contributed by atoms with E-state index in [-0.39, 0.29) is 23.5 Å². The number of nitrogens with zero attached hydrogens (tertiary/aromatic N) is 3. The van der Waals surface area contributed by atoms with Crippen molar-refractivity contribution in [2.75, 3.05) is 18.4 Å². The van der Waals surface area contributed by atoms with Crippen molar-refractivity contribution in [2.45, 2.75) is 46.4 Å². The van der Waals surface area contributed by atoms with Gasteiger partial charge >= 0.3 is 6.03 Å². The maximum absolute atomic E-state index is 12.5. The van der Waals surface area contributed by atoms with Gasteiger partial charge in [-0.25, -0.2) is 4.79 Å². The Morgan fingerprint density at radius 3 is 2.43 bits per heavy atom. The van der Waals surface area contributed by atoms with Crippen molar-refractivity contribution in [3.05, 3.63) is 53.9 Å². The summed E-state index contributed by atoms with van der Waals surface area (Å²) in [5.74, 6) is 0.917. The Labute approximate surface area is 177 Å². The van der Waals surface area contributed by atoms with E-state index < -0.39 is 0 Å². The normalized spacial score (nSPS) is 16.1. The molecule has 0 bridgehead atoms. The van der Waals surface area contributed by atoms with E-state index in [9.17, 15) is 9.59 Å². The SMILES string of the molecule is CC(C)(C)CC(=O)N1CC(Oc2ccc(NC(=O)N3Cc4ccncc4C3)cc2)C1. The summed E-state index contributed by atoms with van der Waals surface area (Å²) < 4.78 is 5.94. The smallest absolute Gasteiger partial charge is 0.322 e. The van der Waals surface area contributed by atoms with E-state index in [1.165, 1.54) is 0 Å². The molecule has 3 amide bonds. The van der Waals surface area contributed by atoms with Crippen molar-refractivity contribution in [1.29, 1.82) is 0 Å². The van der Waals surface area contributed by atoms with Crippen molar-refractivity contribution in [3.8, 4) is 5.75 Å². The number of fused-ring (bicyclic) bond motifs is 1. The van der Waals surface area contributed by atoms with Crippen molar-refractivity contribution >= 4 is 17.6 Å². The summed E-state index contributed by atoms with van der Waals surface area (Å²) in [6.07, 6.45) is 4.13. The number of urea groups is 1. The molecule has 1 saturated heterocycles. The molecule has 0 spiro atoms. The minimum atomic E-state index is -0.133. The minimum Gasteiger partial charge on any atom is -0.487 e. The number of benzene rings is 1. The van der Waals surface area contributed by atoms with Gasteiger partial charge in [-0.1, -0.05) is 20.8 Å². The van der Waals surface area contributed by atoms with Gasteiger partial charge in [-0.2, -0.15) is 0 Å². The Morgan fingerprint density at radius 1 is 1.07 bits per heavy atom. The van der Waals surface area contributed by atoms with Gasteiger partial charge in [-0.3, -0.25) is 9.78 Å². The van der Waals surface area contributed by atoms with Crippen LogP contribution in [0.2, 0.25) is 0 Å². The third-order valence-corrected chi connectivity index (χ3v) is 5.30. The van der Waals surface area contributed by atoms with E-state index in [2.05, 4.69) is 31.1 Å². The lowest BCUT2D eigenvalue weighted by atomic mass is 9.91. The van der Waals surface area contributed by atoms with Crippen molar-refractivity contribution in [1.82, 2.24) is 14.8 Å². The maximum Gasteiger partial charge on any atom is 0.322 e. The lowest BCUT2D eigenvalue weighted by molar-refractivity contribution is -0.141. The molecule has 4 rings (SSSR count). The monoisotopic (exact) mass is 408 g/mol. The molecule has 1 aromatic carbocycles. The van der Waals surface area contributed by atoms with Crippen molar-refractivity contribution in [3.63, 3.8) is 0 Å². The molecule has 1 fully saturated rings. The molecule has 0 atom stereocenters. The highest BCUT2D eigenvalue weighted by molar-refractivity contribution is 5.89. The van der Waals surface area contributed by atoms with E-state index >= 15 is 0 Å². The zero-order valence-corrected chi connectivity index (χ0v) is 17.7. The topological polar surface area (TPSA) is 74.8 Å². The van der Waals surface area contributed by atoms with Gasteiger partial charge in [-0.05, 0) is 46.9 Å². The second-order valence-corrected chi connectivity index (χ2v) is 9.23. The first-order chi connectivity index (χ1) is 14.3. The van der Waals surface area contributed by atoms with Gasteiger partial charge in [-0.15, -0.1) is 0 Å². The van der Waals surface area contributed by atoms with Crippen LogP contribution in [0.25, 0.3) is 0 Å². The number of pyridine rings is 1. The van der Waals surface area contributed by atoms with E-state index in [1.807, 2.05) is 41.4 Å². The molecule has 1 aromatic heterocycles. The van der Waals surface area contributed by atoms with E-state index in [4.69, 9.17) is 4.74 Å². The Hall–Kier alpha value is -3.09. The molecule has 7 nitrogen and oxygen atoms in total. The second kappa shape index (κ2) is 7.97. The fourth-order valence-electron chi connectivity index (χ4n) is 3.66. The first-order valence-electron chi connectivity index (χ1n) is 10.3. The number of aromatic nitrogens is 1. The number of hydrogen-bond donors (Lipinski definition) is 1. The highest BCUT2D eigenvalue weighted by atomic mass is 16.5. The summed E-state index contributed by atoms with van der Waals surface area (Å²) in [5, 5.41) is 2.93. The van der Waals surface area contributed by atoms with Gasteiger partial charge in [0.1, 0.15) is 11.9 Å². The van der Waals surface area contributed by atoms with Gasteiger partial charge in [0.15, 0.2) is 0 Å². The molecule has 2 aromatic rings. The first kappa shape index (κ1) is 20.2. The van der Waals surface area contributed by atoms with Crippen LogP contribution < -0.4 is 10.1 Å². The van der Waals surface area contributed by atoms with E-state index in [0.29, 0.717) is 32.6 Å². The fourth-order valence-corrected chi connectivity index (χ4v) is 3.66. The number of ether oxygens (including phenoxy) is 1. The number of likely N-dealkylation sites (tertiary alicyclic amines) is 1. The maximum atomic E-state index is 12.5. The Morgan fingerprint density at radius 2 is 1.77 bits per heavy atom. The molecule has 1 N–H and O–H groups in total. The summed E-state index contributed by atoms with van der Waals surface area (Å²) in [4.78, 5) is 32.4. The van der Waals surface area contributed by atoms with Crippen LogP contribution >= 0.6 is 0 Å². The lowest BCUT2D eigenvalue weighted by Gasteiger charge is -2.40. The minimum absolute atomic E-state index is 0.00195. The number of carbonyl (C=O) groups excluding carboxylic acids is 2. The number of carbonyl (C=O) groups is 2. The zero-order chi connectivity index (χ0) is 21.3. The van der Waals surface area contributed by atoms with Crippen molar-refractivity contribution < 1.29 is 14.3 Å². The Balaban J connectivity index is 1.23. The summed E-state index contributed by atoms with van der Waals surface area (Å²) in [6.45, 7) is 8.62. The van der Waals surface area contributed by atoms with E-state index in [0.717, 1.165) is 22.6 Å². The molecule has 0 saturated carbocycles. The van der Waals surface area contributed by atoms with Crippen molar-refractivity contribution in [2.24, 2.45) is 5.41 Å². The fraction of sp³-hybridized carbons (Fsp3) is 0.435. The number of hydrogen-bond acceptors (Lipinski definition) is 4. The van der Waals surface area contributed by atoms with Gasteiger partial charge in [0.05, 0.1) is 13.1 Å². The molecule has 2 aliphatic rings. The average molecular weight is 409 g/mol. The first-order valence-corrected chi connectivity index (χ1v) is 10.3. The highest BCUT2D eigenvalue weighted by Crippen LogP contribution is 2.26. The summed E-state index contributed by atoms with van der Waals surface area (Å²) >= 11 is 0. The third kappa shape index (κ3) is 4.72. The largest absolute Gasteiger partial charge is 0.487 e. The van der Waals surface area contributed by atoms with Gasteiger partial charge in [0.25, 0.3) is 0 Å². The van der Waals surface area contributed by atoms with Gasteiger partial charge in [0, 0.05) is 37.6 Å². The quantitative estimate of drug-likeness (QED) is 0.838. The van der Waals surface area contributed by atoms with Gasteiger partial charge < -0.3 is 19.9 Å². The summed E-state index contributed by atoms with van der Waals surface area (Å²) in [7, 11) is 0. The van der Waals surface area contributed by atoms with Crippen LogP contribution in [-0.4, -0.2) is 45.9 Å². The molecule has 0 aliphatic carbocycles. The molecule has 30 heavy (non-hydrogen) atoms. The standard InChI is InChI=1S/C23H28N4O3/c1-23(2,3)10-21(28)26-14-20(15-26)30-19-6-4-18(5-7-19)25-22(29)27-12-16-8-9-24-11-17(16)13-27/h4-9,11,20H,10,12-15H2,1-3H3,(H,25,29). The number of amides is 3. The number of nitrogens with one attached hydrogen (secondary N) is 1. The lowest BCUT2D eigenvalue weighted by Crippen LogP contribution is -2.56. The van der Waals surface area contributed by atoms with Crippen LogP contribution in [0, 0.1) is 5.41 Å². The molecule has 158 valence electrons. The van der Waals surface area contributed by atoms with Crippen LogP contribution in [0.15, 0.2) is 42.7 Å². The van der Waals surface area contributed by atoms with E-state index in [1.54, 1.807) is 11.1 Å². The molecule has 7 heteroatoms. The van der Waals surface area contributed by atoms with Crippen LogP contribution in [0.4, 0.5) is 10.5 Å². The summed E-state index contributed by atoms with van der Waals surface area (Å²) in [6, 6.07) is 9.17. The van der Waals surface area contributed by atoms with Crippen LogP contribution in [0.3, 0.4) is 0 Å². The van der Waals surface area contributed by atoms with Crippen LogP contribution in [0.1, 0.15) is 38.3 Å². The molecule has 0 radical (unpaired) electrons. The van der Waals surface area contributed by atoms with Gasteiger partial charge in [0.2, 0.25) is 5.91 Å². The number of anilines is 1. The Kier molecular flexibility index (Phi) is 5.37. The Bertz CT molecular complexity index is 905. The molecule has 0 unspecified atom stereocenters. The van der Waals surface area contributed by atoms with Crippen LogP contribution in [-0.2, 0) is 17.9 Å². The zero-order valence-electron chi connectivity index (χ0n) is 17.7. The average Bonchev–Trinajstić information content (AvgIpc) is 3.08. The molecule has 3 heterocycles. The second-order valence-electron chi connectivity index (χ2n) is 9.23. The molecule has 2 aliphatic heterocycles.